The van der Waals surface area contributed by atoms with E-state index >= 15 is 0 Å². The fourth-order valence-electron chi connectivity index (χ4n) is 1.63. The number of hydrogen-bond donors (Lipinski definition) is 1. The molecule has 1 aromatic rings. The van der Waals surface area contributed by atoms with Gasteiger partial charge in [0.1, 0.15) is 5.75 Å². The van der Waals surface area contributed by atoms with Gasteiger partial charge >= 0.3 is 0 Å². The van der Waals surface area contributed by atoms with Gasteiger partial charge in [-0.1, -0.05) is 24.8 Å². The minimum atomic E-state index is -0.628. The summed E-state index contributed by atoms with van der Waals surface area (Å²) >= 11 is 0. The molecule has 0 saturated carbocycles. The fourth-order valence-corrected chi connectivity index (χ4v) is 1.63. The highest BCUT2D eigenvalue weighted by atomic mass is 16.3. The number of nitrogens with zero attached hydrogens (tertiary/aromatic N) is 2. The molecule has 0 atom stereocenters. The minimum absolute atomic E-state index is 0.255. The van der Waals surface area contributed by atoms with Crippen LogP contribution in [0, 0.1) is 0 Å². The number of phenols is 1. The van der Waals surface area contributed by atoms with Gasteiger partial charge in [-0.05, 0) is 18.6 Å². The van der Waals surface area contributed by atoms with E-state index in [1.165, 1.54) is 0 Å². The highest BCUT2D eigenvalue weighted by Gasteiger charge is 2.40. The summed E-state index contributed by atoms with van der Waals surface area (Å²) in [6, 6.07) is 5.34. The van der Waals surface area contributed by atoms with Gasteiger partial charge in [0.05, 0.1) is 0 Å². The van der Waals surface area contributed by atoms with E-state index in [1.807, 2.05) is 6.07 Å². The fraction of sp³-hybridized carbons (Fsp3) is 0.167. The second kappa shape index (κ2) is 3.35. The van der Waals surface area contributed by atoms with E-state index < -0.39 is 5.66 Å². The minimum Gasteiger partial charge on any atom is -0.508 e. The Morgan fingerprint density at radius 3 is 2.60 bits per heavy atom. The zero-order chi connectivity index (χ0) is 10.9. The smallest absolute Gasteiger partial charge is 0.234 e. The van der Waals surface area contributed by atoms with E-state index in [-0.39, 0.29) is 5.75 Å². The van der Waals surface area contributed by atoms with E-state index in [4.69, 9.17) is 0 Å². The van der Waals surface area contributed by atoms with Crippen LogP contribution in [-0.4, -0.2) is 5.11 Å². The Kier molecular flexibility index (Phi) is 2.15. The second-order valence-corrected chi connectivity index (χ2v) is 3.43. The molecule has 0 amide bonds. The Bertz CT molecular complexity index is 443. The van der Waals surface area contributed by atoms with Crippen LogP contribution in [0.5, 0.6) is 5.75 Å². The van der Waals surface area contributed by atoms with Crippen molar-refractivity contribution >= 4 is 0 Å². The van der Waals surface area contributed by atoms with Crippen molar-refractivity contribution in [3.63, 3.8) is 0 Å². The van der Waals surface area contributed by atoms with Crippen molar-refractivity contribution in [2.45, 2.75) is 12.1 Å². The summed E-state index contributed by atoms with van der Waals surface area (Å²) in [6.45, 7) is 7.38. The number of hydrogen-bond acceptors (Lipinski definition) is 3. The average molecular weight is 200 g/mol. The van der Waals surface area contributed by atoms with Gasteiger partial charge in [0.25, 0.3) is 0 Å². The molecule has 0 saturated heterocycles. The molecule has 1 aromatic carbocycles. The van der Waals surface area contributed by atoms with Crippen LogP contribution in [0.25, 0.3) is 0 Å². The van der Waals surface area contributed by atoms with Crippen LogP contribution in [0.4, 0.5) is 0 Å². The molecule has 1 aliphatic heterocycles. The Labute approximate surface area is 88.5 Å². The van der Waals surface area contributed by atoms with E-state index in [2.05, 4.69) is 23.4 Å². The van der Waals surface area contributed by atoms with Crippen molar-refractivity contribution in [1.82, 2.24) is 0 Å². The van der Waals surface area contributed by atoms with Gasteiger partial charge in [-0.2, -0.15) is 0 Å². The van der Waals surface area contributed by atoms with Crippen molar-refractivity contribution in [2.24, 2.45) is 10.2 Å². The molecule has 1 heterocycles. The molecule has 0 bridgehead atoms. The largest absolute Gasteiger partial charge is 0.508 e. The van der Waals surface area contributed by atoms with E-state index in [9.17, 15) is 5.11 Å². The van der Waals surface area contributed by atoms with Crippen molar-refractivity contribution in [1.29, 1.82) is 0 Å². The van der Waals surface area contributed by atoms with Crippen LogP contribution in [0.3, 0.4) is 0 Å². The molecule has 3 nitrogen and oxygen atoms in total. The molecule has 1 aliphatic rings. The molecule has 2 rings (SSSR count). The highest BCUT2D eigenvalue weighted by molar-refractivity contribution is 5.47. The SMILES string of the molecule is C=CCc1c(O)cccc1C1(C=C)N=N1. The number of rotatable bonds is 4. The van der Waals surface area contributed by atoms with E-state index in [0.29, 0.717) is 6.42 Å². The zero-order valence-electron chi connectivity index (χ0n) is 8.35. The summed E-state index contributed by atoms with van der Waals surface area (Å²) in [4.78, 5) is 0. The monoisotopic (exact) mass is 200 g/mol. The number of allylic oxidation sites excluding steroid dienone is 1. The molecule has 0 aromatic heterocycles. The summed E-state index contributed by atoms with van der Waals surface area (Å²) in [5.74, 6) is 0.255. The summed E-state index contributed by atoms with van der Waals surface area (Å²) in [5, 5.41) is 17.7. The highest BCUT2D eigenvalue weighted by Crippen LogP contribution is 2.44. The second-order valence-electron chi connectivity index (χ2n) is 3.43. The van der Waals surface area contributed by atoms with Gasteiger partial charge in [0, 0.05) is 11.1 Å². The molecule has 0 fully saturated rings. The Balaban J connectivity index is 2.50. The van der Waals surface area contributed by atoms with Gasteiger partial charge in [0.2, 0.25) is 5.66 Å². The van der Waals surface area contributed by atoms with Gasteiger partial charge in [-0.25, -0.2) is 0 Å². The van der Waals surface area contributed by atoms with Crippen molar-refractivity contribution in [3.8, 4) is 5.75 Å². The molecular formula is C12H12N2O. The van der Waals surface area contributed by atoms with Crippen LogP contribution in [0.1, 0.15) is 11.1 Å². The molecule has 1 N–H and O–H groups in total. The molecular weight excluding hydrogens is 188 g/mol. The van der Waals surface area contributed by atoms with Gasteiger partial charge < -0.3 is 5.11 Å². The first-order valence-electron chi connectivity index (χ1n) is 4.73. The first kappa shape index (κ1) is 9.65. The molecule has 0 aliphatic carbocycles. The lowest BCUT2D eigenvalue weighted by Gasteiger charge is -2.12. The Morgan fingerprint density at radius 2 is 2.07 bits per heavy atom. The maximum absolute atomic E-state index is 9.74. The van der Waals surface area contributed by atoms with E-state index in [0.717, 1.165) is 11.1 Å². The standard InChI is InChI=1S/C12H12N2O/c1-3-6-9-10(7-5-8-11(9)15)12(4-2)13-14-12/h3-5,7-8,15H,1-2,6H2. The van der Waals surface area contributed by atoms with Crippen LogP contribution in [-0.2, 0) is 12.1 Å². The Morgan fingerprint density at radius 1 is 1.33 bits per heavy atom. The topological polar surface area (TPSA) is 45.0 Å². The predicted octanol–water partition coefficient (Wildman–Crippen LogP) is 2.93. The summed E-state index contributed by atoms with van der Waals surface area (Å²) in [6.07, 6.45) is 4.02. The molecule has 76 valence electrons. The number of aromatic hydroxyl groups is 1. The van der Waals surface area contributed by atoms with Crippen molar-refractivity contribution in [2.75, 3.05) is 0 Å². The number of phenolic OH excluding ortho intramolecular Hbond substituents is 1. The zero-order valence-corrected chi connectivity index (χ0v) is 8.35. The van der Waals surface area contributed by atoms with Gasteiger partial charge in [-0.3, -0.25) is 0 Å². The maximum Gasteiger partial charge on any atom is 0.234 e. The summed E-state index contributed by atoms with van der Waals surface area (Å²) < 4.78 is 0. The van der Waals surface area contributed by atoms with Crippen LogP contribution < -0.4 is 0 Å². The van der Waals surface area contributed by atoms with Gasteiger partial charge in [0.15, 0.2) is 0 Å². The Hall–Kier alpha value is -1.90. The third-order valence-electron chi connectivity index (χ3n) is 2.50. The first-order chi connectivity index (χ1) is 7.23. The molecule has 0 spiro atoms. The van der Waals surface area contributed by atoms with Crippen LogP contribution in [0.15, 0.2) is 53.7 Å². The molecule has 0 radical (unpaired) electrons. The third kappa shape index (κ3) is 1.46. The lowest BCUT2D eigenvalue weighted by atomic mass is 9.95. The molecule has 3 heteroatoms. The first-order valence-corrected chi connectivity index (χ1v) is 4.73. The third-order valence-corrected chi connectivity index (χ3v) is 2.50. The lowest BCUT2D eigenvalue weighted by molar-refractivity contribution is 0.467. The van der Waals surface area contributed by atoms with Crippen molar-refractivity contribution < 1.29 is 5.11 Å². The quantitative estimate of drug-likeness (QED) is 0.746. The van der Waals surface area contributed by atoms with Crippen molar-refractivity contribution in [3.05, 3.63) is 54.6 Å². The van der Waals surface area contributed by atoms with Crippen LogP contribution in [0.2, 0.25) is 0 Å². The van der Waals surface area contributed by atoms with Gasteiger partial charge in [-0.15, -0.1) is 16.8 Å². The average Bonchev–Trinajstić information content (AvgIpc) is 3.02. The maximum atomic E-state index is 9.74. The summed E-state index contributed by atoms with van der Waals surface area (Å²) in [5.41, 5.74) is 1.08. The predicted molar refractivity (Wildman–Crippen MR) is 58.7 cm³/mol. The molecule has 15 heavy (non-hydrogen) atoms. The van der Waals surface area contributed by atoms with Crippen LogP contribution >= 0.6 is 0 Å². The summed E-state index contributed by atoms with van der Waals surface area (Å²) in [7, 11) is 0. The number of benzene rings is 1. The molecule has 0 unspecified atom stereocenters. The van der Waals surface area contributed by atoms with E-state index in [1.54, 1.807) is 24.3 Å². The normalized spacial score (nSPS) is 16.0. The lowest BCUT2D eigenvalue weighted by Crippen LogP contribution is -2.07.